The number of methoxy groups -OCH3 is 1. The van der Waals surface area contributed by atoms with Gasteiger partial charge in [0.1, 0.15) is 5.75 Å². The van der Waals surface area contributed by atoms with Crippen molar-refractivity contribution in [3.8, 4) is 5.75 Å². The van der Waals surface area contributed by atoms with Gasteiger partial charge in [0, 0.05) is 18.8 Å². The maximum Gasteiger partial charge on any atom is 0.262 e. The Labute approximate surface area is 136 Å². The number of para-hydroxylation sites is 2. The minimum absolute atomic E-state index is 0.222. The molecule has 1 fully saturated rings. The molecule has 0 saturated carbocycles. The number of sulfonamides is 1. The third-order valence-electron chi connectivity index (χ3n) is 3.72. The minimum atomic E-state index is -3.65. The van der Waals surface area contributed by atoms with Gasteiger partial charge in [0.25, 0.3) is 10.0 Å². The molecule has 1 aliphatic heterocycles. The van der Waals surface area contributed by atoms with Crippen LogP contribution in [-0.4, -0.2) is 35.3 Å². The van der Waals surface area contributed by atoms with Crippen molar-refractivity contribution in [1.82, 2.24) is 5.32 Å². The van der Waals surface area contributed by atoms with Crippen molar-refractivity contribution in [2.45, 2.75) is 4.90 Å². The highest BCUT2D eigenvalue weighted by molar-refractivity contribution is 7.92. The van der Waals surface area contributed by atoms with Gasteiger partial charge in [-0.15, -0.1) is 0 Å². The molecule has 1 saturated heterocycles. The monoisotopic (exact) mass is 333 g/mol. The molecular weight excluding hydrogens is 314 g/mol. The molecule has 7 heteroatoms. The first-order chi connectivity index (χ1) is 11.1. The fourth-order valence-corrected chi connectivity index (χ4v) is 3.57. The van der Waals surface area contributed by atoms with Crippen molar-refractivity contribution < 1.29 is 13.2 Å². The van der Waals surface area contributed by atoms with Crippen molar-refractivity contribution in [2.24, 2.45) is 0 Å². The highest BCUT2D eigenvalue weighted by Crippen LogP contribution is 2.27. The van der Waals surface area contributed by atoms with E-state index in [0.29, 0.717) is 11.4 Å². The molecule has 1 aliphatic rings. The Morgan fingerprint density at radius 3 is 2.52 bits per heavy atom. The second-order valence-corrected chi connectivity index (χ2v) is 6.90. The molecule has 2 N–H and O–H groups in total. The molecule has 0 unspecified atom stereocenters. The van der Waals surface area contributed by atoms with Crippen molar-refractivity contribution in [2.75, 3.05) is 36.5 Å². The van der Waals surface area contributed by atoms with Gasteiger partial charge in [0.2, 0.25) is 0 Å². The van der Waals surface area contributed by atoms with Gasteiger partial charge in [-0.05, 0) is 36.4 Å². The largest absolute Gasteiger partial charge is 0.495 e. The molecule has 0 atom stereocenters. The summed E-state index contributed by atoms with van der Waals surface area (Å²) >= 11 is 0. The van der Waals surface area contributed by atoms with E-state index in [9.17, 15) is 8.42 Å². The molecule has 6 nitrogen and oxygen atoms in total. The van der Waals surface area contributed by atoms with E-state index in [-0.39, 0.29) is 4.90 Å². The number of rotatable bonds is 5. The molecule has 0 aliphatic carbocycles. The molecule has 3 rings (SSSR count). The first kappa shape index (κ1) is 15.6. The Kier molecular flexibility index (Phi) is 4.40. The summed E-state index contributed by atoms with van der Waals surface area (Å²) in [5.41, 5.74) is 1.43. The Morgan fingerprint density at radius 2 is 1.87 bits per heavy atom. The summed E-state index contributed by atoms with van der Waals surface area (Å²) in [6.07, 6.45) is 0. The van der Waals surface area contributed by atoms with Crippen LogP contribution in [0.4, 0.5) is 11.4 Å². The molecule has 0 bridgehead atoms. The number of hydrogen-bond donors (Lipinski definition) is 2. The summed E-state index contributed by atoms with van der Waals surface area (Å²) in [6, 6.07) is 13.8. The van der Waals surface area contributed by atoms with Gasteiger partial charge in [-0.3, -0.25) is 10.0 Å². The molecule has 2 aromatic rings. The SMILES string of the molecule is COc1ccccc1NS(=O)(=O)c1ccc(N2CCNC2)cc1. The topological polar surface area (TPSA) is 70.7 Å². The van der Waals surface area contributed by atoms with Crippen molar-refractivity contribution in [1.29, 1.82) is 0 Å². The van der Waals surface area contributed by atoms with Gasteiger partial charge in [-0.25, -0.2) is 8.42 Å². The van der Waals surface area contributed by atoms with Crippen LogP contribution in [0.5, 0.6) is 5.75 Å². The van der Waals surface area contributed by atoms with Crippen LogP contribution >= 0.6 is 0 Å². The van der Waals surface area contributed by atoms with E-state index in [1.807, 2.05) is 12.1 Å². The smallest absolute Gasteiger partial charge is 0.262 e. The standard InChI is InChI=1S/C16H19N3O3S/c1-22-16-5-3-2-4-15(16)18-23(20,21)14-8-6-13(7-9-14)19-11-10-17-12-19/h2-9,17-18H,10-12H2,1H3. The third-order valence-corrected chi connectivity index (χ3v) is 5.11. The molecule has 23 heavy (non-hydrogen) atoms. The second kappa shape index (κ2) is 6.47. The van der Waals surface area contributed by atoms with Crippen LogP contribution in [0.1, 0.15) is 0 Å². The van der Waals surface area contributed by atoms with E-state index in [0.717, 1.165) is 25.4 Å². The summed E-state index contributed by atoms with van der Waals surface area (Å²) in [4.78, 5) is 2.38. The summed E-state index contributed by atoms with van der Waals surface area (Å²) < 4.78 is 32.8. The van der Waals surface area contributed by atoms with Crippen molar-refractivity contribution >= 4 is 21.4 Å². The van der Waals surface area contributed by atoms with Crippen molar-refractivity contribution in [3.05, 3.63) is 48.5 Å². The van der Waals surface area contributed by atoms with E-state index >= 15 is 0 Å². The molecule has 122 valence electrons. The number of ether oxygens (including phenoxy) is 1. The lowest BCUT2D eigenvalue weighted by atomic mass is 10.3. The average molecular weight is 333 g/mol. The first-order valence-corrected chi connectivity index (χ1v) is 8.80. The zero-order valence-corrected chi connectivity index (χ0v) is 13.6. The lowest BCUT2D eigenvalue weighted by molar-refractivity contribution is 0.417. The van der Waals surface area contributed by atoms with E-state index in [1.165, 1.54) is 7.11 Å². The highest BCUT2D eigenvalue weighted by atomic mass is 32.2. The van der Waals surface area contributed by atoms with Crippen LogP contribution in [0, 0.1) is 0 Å². The van der Waals surface area contributed by atoms with Crippen LogP contribution in [0.15, 0.2) is 53.4 Å². The Hall–Kier alpha value is -2.25. The summed E-state index contributed by atoms with van der Waals surface area (Å²) in [6.45, 7) is 2.65. The normalized spacial score (nSPS) is 14.7. The predicted octanol–water partition coefficient (Wildman–Crippen LogP) is 1.86. The number of benzene rings is 2. The lowest BCUT2D eigenvalue weighted by Crippen LogP contribution is -2.21. The summed E-state index contributed by atoms with van der Waals surface area (Å²) in [7, 11) is -2.14. The number of anilines is 2. The van der Waals surface area contributed by atoms with Crippen LogP contribution in [-0.2, 0) is 10.0 Å². The summed E-state index contributed by atoms with van der Waals surface area (Å²) in [5, 5.41) is 3.24. The maximum absolute atomic E-state index is 12.5. The first-order valence-electron chi connectivity index (χ1n) is 7.32. The molecule has 1 heterocycles. The number of hydrogen-bond acceptors (Lipinski definition) is 5. The molecule has 0 spiro atoms. The van der Waals surface area contributed by atoms with Crippen LogP contribution in [0.2, 0.25) is 0 Å². The Balaban J connectivity index is 1.82. The summed E-state index contributed by atoms with van der Waals surface area (Å²) in [5.74, 6) is 0.482. The third kappa shape index (κ3) is 3.40. The quantitative estimate of drug-likeness (QED) is 0.874. The van der Waals surface area contributed by atoms with Gasteiger partial charge in [0.15, 0.2) is 0 Å². The molecule has 0 amide bonds. The Morgan fingerprint density at radius 1 is 1.13 bits per heavy atom. The van der Waals surface area contributed by atoms with E-state index in [1.54, 1.807) is 36.4 Å². The van der Waals surface area contributed by atoms with E-state index < -0.39 is 10.0 Å². The average Bonchev–Trinajstić information content (AvgIpc) is 3.10. The second-order valence-electron chi connectivity index (χ2n) is 5.22. The van der Waals surface area contributed by atoms with Gasteiger partial charge < -0.3 is 9.64 Å². The van der Waals surface area contributed by atoms with Gasteiger partial charge in [-0.1, -0.05) is 12.1 Å². The zero-order chi connectivity index (χ0) is 16.3. The maximum atomic E-state index is 12.5. The molecule has 0 radical (unpaired) electrons. The Bertz CT molecular complexity index is 769. The minimum Gasteiger partial charge on any atom is -0.495 e. The van der Waals surface area contributed by atoms with Crippen LogP contribution in [0.25, 0.3) is 0 Å². The van der Waals surface area contributed by atoms with Gasteiger partial charge in [0.05, 0.1) is 24.4 Å². The van der Waals surface area contributed by atoms with E-state index in [4.69, 9.17) is 4.74 Å². The fraction of sp³-hybridized carbons (Fsp3) is 0.250. The van der Waals surface area contributed by atoms with Crippen LogP contribution < -0.4 is 19.7 Å². The van der Waals surface area contributed by atoms with Gasteiger partial charge in [-0.2, -0.15) is 0 Å². The molecule has 2 aromatic carbocycles. The van der Waals surface area contributed by atoms with Crippen LogP contribution in [0.3, 0.4) is 0 Å². The predicted molar refractivity (Wildman–Crippen MR) is 90.5 cm³/mol. The van der Waals surface area contributed by atoms with E-state index in [2.05, 4.69) is 14.9 Å². The van der Waals surface area contributed by atoms with Crippen molar-refractivity contribution in [3.63, 3.8) is 0 Å². The fourth-order valence-electron chi connectivity index (χ4n) is 2.50. The molecular formula is C16H19N3O3S. The van der Waals surface area contributed by atoms with Gasteiger partial charge >= 0.3 is 0 Å². The lowest BCUT2D eigenvalue weighted by Gasteiger charge is -2.17. The number of nitrogens with one attached hydrogen (secondary N) is 2. The zero-order valence-electron chi connectivity index (χ0n) is 12.8. The highest BCUT2D eigenvalue weighted by Gasteiger charge is 2.17. The molecule has 0 aromatic heterocycles. The number of nitrogens with zero attached hydrogens (tertiary/aromatic N) is 1.